The molecule has 1 heterocycles. The summed E-state index contributed by atoms with van der Waals surface area (Å²) in [5.74, 6) is 5.35. The van der Waals surface area contributed by atoms with Gasteiger partial charge < -0.3 is 4.98 Å². The highest BCUT2D eigenvalue weighted by molar-refractivity contribution is 14.1. The lowest BCUT2D eigenvalue weighted by molar-refractivity contribution is -0.111. The number of aromatic amines is 1. The van der Waals surface area contributed by atoms with Gasteiger partial charge >= 0.3 is 0 Å². The van der Waals surface area contributed by atoms with Crippen LogP contribution in [0.5, 0.6) is 0 Å². The molecule has 2 rings (SSSR count). The lowest BCUT2D eigenvalue weighted by Crippen LogP contribution is -2.40. The third kappa shape index (κ3) is 2.26. The molecule has 0 aliphatic heterocycles. The zero-order valence-electron chi connectivity index (χ0n) is 8.53. The fourth-order valence-electron chi connectivity index (χ4n) is 1.73. The number of carbonyl (C=O) groups is 1. The first-order valence-corrected chi connectivity index (χ1v) is 6.00. The summed E-state index contributed by atoms with van der Waals surface area (Å²) in [6.07, 6.45) is 2.52. The van der Waals surface area contributed by atoms with Crippen molar-refractivity contribution in [3.8, 4) is 0 Å². The number of fused-ring (bicyclic) bond motifs is 1. The van der Waals surface area contributed by atoms with Crippen molar-refractivity contribution in [1.29, 1.82) is 0 Å². The van der Waals surface area contributed by atoms with Gasteiger partial charge in [0.15, 0.2) is 0 Å². The molecule has 0 spiro atoms. The fraction of sp³-hybridized carbons (Fsp3) is 0.182. The lowest BCUT2D eigenvalue weighted by Gasteiger charge is -2.10. The normalized spacial score (nSPS) is 12.9. The molecule has 0 bridgehead atoms. The first-order valence-electron chi connectivity index (χ1n) is 4.93. The largest absolute Gasteiger partial charge is 0.361 e. The number of nitrogens with two attached hydrogens (primary N) is 1. The van der Waals surface area contributed by atoms with E-state index < -0.39 is 0 Å². The van der Waals surface area contributed by atoms with Crippen LogP contribution in [0.3, 0.4) is 0 Å². The van der Waals surface area contributed by atoms with Crippen LogP contribution in [-0.2, 0) is 11.2 Å². The molecule has 0 aliphatic rings. The molecular weight excluding hydrogens is 317 g/mol. The summed E-state index contributed by atoms with van der Waals surface area (Å²) >= 11 is 1.76. The highest BCUT2D eigenvalue weighted by atomic mass is 127. The number of nitrogens with one attached hydrogen (secondary N) is 2. The number of hydrazine groups is 1. The minimum absolute atomic E-state index is 0.0189. The second-order valence-corrected chi connectivity index (χ2v) is 4.65. The van der Waals surface area contributed by atoms with E-state index in [0.717, 1.165) is 16.5 Å². The minimum Gasteiger partial charge on any atom is -0.361 e. The van der Waals surface area contributed by atoms with E-state index in [0.29, 0.717) is 6.42 Å². The van der Waals surface area contributed by atoms with Crippen molar-refractivity contribution >= 4 is 37.3 Å². The van der Waals surface area contributed by atoms with Gasteiger partial charge in [-0.1, -0.05) is 18.2 Å². The van der Waals surface area contributed by atoms with E-state index >= 15 is 0 Å². The number of para-hydroxylation sites is 1. The maximum atomic E-state index is 11.3. The second kappa shape index (κ2) is 4.94. The molecule has 0 aliphatic carbocycles. The first-order chi connectivity index (χ1) is 7.72. The Labute approximate surface area is 107 Å². The van der Waals surface area contributed by atoms with E-state index in [4.69, 9.17) is 5.84 Å². The van der Waals surface area contributed by atoms with Crippen molar-refractivity contribution in [1.82, 2.24) is 10.4 Å². The summed E-state index contributed by atoms with van der Waals surface area (Å²) in [7, 11) is 0. The van der Waals surface area contributed by atoms with Crippen molar-refractivity contribution in [2.24, 2.45) is 5.84 Å². The molecule has 2 aromatic rings. The van der Waals surface area contributed by atoms with Gasteiger partial charge in [-0.3, -0.25) is 10.6 Å². The van der Waals surface area contributed by atoms with E-state index in [-0.39, 0.29) is 9.83 Å². The summed E-state index contributed by atoms with van der Waals surface area (Å²) in [5.41, 5.74) is 4.71. The number of hydrogen-bond donors (Lipinski definition) is 3. The van der Waals surface area contributed by atoms with E-state index in [2.05, 4.69) is 10.4 Å². The Morgan fingerprint density at radius 2 is 2.25 bits per heavy atom. The molecular formula is C11H12IN3O. The van der Waals surface area contributed by atoms with Crippen molar-refractivity contribution in [2.45, 2.75) is 12.5 Å². The topological polar surface area (TPSA) is 70.9 Å². The van der Waals surface area contributed by atoms with Crippen LogP contribution in [0.15, 0.2) is 30.5 Å². The third-order valence-corrected chi connectivity index (χ3v) is 3.33. The quantitative estimate of drug-likeness (QED) is 0.345. The Morgan fingerprint density at radius 3 is 2.94 bits per heavy atom. The molecule has 1 atom stereocenters. The number of carbonyl (C=O) groups excluding carboxylic acids is 1. The second-order valence-electron chi connectivity index (χ2n) is 3.59. The Kier molecular flexibility index (Phi) is 3.57. The van der Waals surface area contributed by atoms with Crippen LogP contribution in [0.25, 0.3) is 10.9 Å². The molecule has 0 saturated heterocycles. The number of rotatable bonds is 4. The summed E-state index contributed by atoms with van der Waals surface area (Å²) in [6, 6.07) is 7.67. The zero-order valence-corrected chi connectivity index (χ0v) is 10.7. The molecule has 84 valence electrons. The fourth-order valence-corrected chi connectivity index (χ4v) is 2.13. The molecule has 0 amide bonds. The van der Waals surface area contributed by atoms with E-state index in [1.165, 1.54) is 0 Å². The molecule has 4 nitrogen and oxygen atoms in total. The lowest BCUT2D eigenvalue weighted by atomic mass is 10.1. The summed E-state index contributed by atoms with van der Waals surface area (Å²) in [5, 5.41) is 1.14. The van der Waals surface area contributed by atoms with Crippen LogP contribution in [0, 0.1) is 0 Å². The molecule has 16 heavy (non-hydrogen) atoms. The number of H-pyrrole nitrogens is 1. The highest BCUT2D eigenvalue weighted by Crippen LogP contribution is 2.19. The predicted octanol–water partition coefficient (Wildman–Crippen LogP) is 1.50. The van der Waals surface area contributed by atoms with Gasteiger partial charge in [0.05, 0.1) is 6.04 Å². The Hall–Kier alpha value is -0.920. The molecule has 1 aromatic heterocycles. The van der Waals surface area contributed by atoms with Gasteiger partial charge in [-0.2, -0.15) is 0 Å². The summed E-state index contributed by atoms with van der Waals surface area (Å²) < 4.78 is 0.0189. The SMILES string of the molecule is NN[C@@H](Cc1c[nH]c2ccccc12)C(=O)I. The van der Waals surface area contributed by atoms with Gasteiger partial charge in [0, 0.05) is 39.7 Å². The monoisotopic (exact) mass is 329 g/mol. The van der Waals surface area contributed by atoms with Gasteiger partial charge in [-0.25, -0.2) is 5.43 Å². The van der Waals surface area contributed by atoms with Crippen LogP contribution in [-0.4, -0.2) is 14.8 Å². The van der Waals surface area contributed by atoms with Crippen LogP contribution in [0.4, 0.5) is 0 Å². The van der Waals surface area contributed by atoms with Gasteiger partial charge in [-0.15, -0.1) is 0 Å². The Balaban J connectivity index is 2.30. The van der Waals surface area contributed by atoms with Gasteiger partial charge in [0.25, 0.3) is 0 Å². The molecule has 5 heteroatoms. The van der Waals surface area contributed by atoms with Crippen LogP contribution in [0.1, 0.15) is 5.56 Å². The van der Waals surface area contributed by atoms with Crippen molar-refractivity contribution < 1.29 is 4.79 Å². The highest BCUT2D eigenvalue weighted by Gasteiger charge is 2.16. The smallest absolute Gasteiger partial charge is 0.210 e. The van der Waals surface area contributed by atoms with E-state index in [1.807, 2.05) is 30.5 Å². The molecule has 0 fully saturated rings. The molecule has 1 aromatic carbocycles. The van der Waals surface area contributed by atoms with Gasteiger partial charge in [-0.05, 0) is 18.1 Å². The molecule has 0 unspecified atom stereocenters. The standard InChI is InChI=1S/C11H12IN3O/c12-11(16)10(15-13)5-7-6-14-9-4-2-1-3-8(7)9/h1-4,6,10,14-15H,5,13H2/t10-/m0/s1. The first kappa shape index (κ1) is 11.6. The van der Waals surface area contributed by atoms with Crippen LogP contribution in [0.2, 0.25) is 0 Å². The predicted molar refractivity (Wildman–Crippen MR) is 72.1 cm³/mol. The Bertz CT molecular complexity index is 509. The molecule has 0 radical (unpaired) electrons. The van der Waals surface area contributed by atoms with Crippen molar-refractivity contribution in [3.63, 3.8) is 0 Å². The zero-order chi connectivity index (χ0) is 11.5. The van der Waals surface area contributed by atoms with Gasteiger partial charge in [0.1, 0.15) is 0 Å². The van der Waals surface area contributed by atoms with Gasteiger partial charge in [0.2, 0.25) is 3.79 Å². The number of benzene rings is 1. The third-order valence-electron chi connectivity index (χ3n) is 2.57. The molecule has 0 saturated carbocycles. The maximum Gasteiger partial charge on any atom is 0.210 e. The molecule has 4 N–H and O–H groups in total. The summed E-state index contributed by atoms with van der Waals surface area (Å²) in [6.45, 7) is 0. The van der Waals surface area contributed by atoms with Crippen LogP contribution >= 0.6 is 22.6 Å². The van der Waals surface area contributed by atoms with Crippen molar-refractivity contribution in [3.05, 3.63) is 36.0 Å². The summed E-state index contributed by atoms with van der Waals surface area (Å²) in [4.78, 5) is 14.4. The minimum atomic E-state index is -0.334. The van der Waals surface area contributed by atoms with E-state index in [9.17, 15) is 4.79 Å². The average molecular weight is 329 g/mol. The number of hydrogen-bond acceptors (Lipinski definition) is 3. The van der Waals surface area contributed by atoms with E-state index in [1.54, 1.807) is 22.6 Å². The van der Waals surface area contributed by atoms with Crippen LogP contribution < -0.4 is 11.3 Å². The Morgan fingerprint density at radius 1 is 1.50 bits per heavy atom. The number of aromatic nitrogens is 1. The van der Waals surface area contributed by atoms with Crippen molar-refractivity contribution in [2.75, 3.05) is 0 Å². The average Bonchev–Trinajstić information content (AvgIpc) is 2.69. The number of halogens is 1. The maximum absolute atomic E-state index is 11.3.